The molecule has 118 valence electrons. The molecule has 3 N–H and O–H groups in total. The summed E-state index contributed by atoms with van der Waals surface area (Å²) in [5, 5.41) is -0.333. The molecular weight excluding hydrogens is 321 g/mol. The van der Waals surface area contributed by atoms with E-state index in [0.717, 1.165) is 0 Å². The lowest BCUT2D eigenvalue weighted by atomic mass is 10.5. The molecule has 0 aromatic carbocycles. The summed E-state index contributed by atoms with van der Waals surface area (Å²) >= 11 is 1.19. The van der Waals surface area contributed by atoms with Crippen LogP contribution in [0.5, 0.6) is 0 Å². The van der Waals surface area contributed by atoms with Crippen molar-refractivity contribution in [3.8, 4) is 0 Å². The molecule has 1 aliphatic heterocycles. The normalized spacial score (nSPS) is 24.9. The van der Waals surface area contributed by atoms with Gasteiger partial charge in [-0.05, 0) is 13.0 Å². The number of thioether (sulfide) groups is 1. The quantitative estimate of drug-likeness (QED) is 0.716. The van der Waals surface area contributed by atoms with Crippen LogP contribution in [0.3, 0.4) is 0 Å². The third-order valence-electron chi connectivity index (χ3n) is 2.51. The first-order valence-electron chi connectivity index (χ1n) is 6.11. The van der Waals surface area contributed by atoms with Gasteiger partial charge in [-0.2, -0.15) is 4.98 Å². The van der Waals surface area contributed by atoms with Gasteiger partial charge in [0.25, 0.3) is 0 Å². The van der Waals surface area contributed by atoms with Crippen molar-refractivity contribution in [2.45, 2.75) is 17.9 Å². The second-order valence-corrected chi connectivity index (χ2v) is 7.10. The van der Waals surface area contributed by atoms with E-state index in [9.17, 15) is 14.3 Å². The maximum absolute atomic E-state index is 11.7. The number of hydrogen-bond acceptors (Lipinski definition) is 8. The summed E-state index contributed by atoms with van der Waals surface area (Å²) in [7, 11) is -3.77. The van der Waals surface area contributed by atoms with Gasteiger partial charge in [-0.1, -0.05) is 11.8 Å². The van der Waals surface area contributed by atoms with E-state index in [0.29, 0.717) is 0 Å². The molecule has 3 atom stereocenters. The van der Waals surface area contributed by atoms with Crippen molar-refractivity contribution >= 4 is 25.2 Å². The van der Waals surface area contributed by atoms with E-state index in [2.05, 4.69) is 9.51 Å². The molecule has 0 amide bonds. The number of nitrogens with zero attached hydrogens (tertiary/aromatic N) is 2. The Morgan fingerprint density at radius 2 is 2.48 bits per heavy atom. The first kappa shape index (κ1) is 16.5. The van der Waals surface area contributed by atoms with Crippen LogP contribution in [0.25, 0.3) is 0 Å². The summed E-state index contributed by atoms with van der Waals surface area (Å²) in [4.78, 5) is 24.7. The molecule has 0 bridgehead atoms. The zero-order valence-electron chi connectivity index (χ0n) is 11.2. The number of ether oxygens (including phenoxy) is 2. The Labute approximate surface area is 124 Å². The van der Waals surface area contributed by atoms with Crippen molar-refractivity contribution in [1.82, 2.24) is 9.55 Å². The Bertz CT molecular complexity index is 596. The summed E-state index contributed by atoms with van der Waals surface area (Å²) in [5.74, 6) is 0.144. The zero-order valence-corrected chi connectivity index (χ0v) is 13.0. The Kier molecular flexibility index (Phi) is 5.42. The third kappa shape index (κ3) is 4.53. The highest BCUT2D eigenvalue weighted by atomic mass is 32.2. The fourth-order valence-electron chi connectivity index (χ4n) is 1.64. The van der Waals surface area contributed by atoms with Crippen LogP contribution in [-0.4, -0.2) is 39.6 Å². The van der Waals surface area contributed by atoms with Gasteiger partial charge in [0, 0.05) is 6.20 Å². The monoisotopic (exact) mass is 337 g/mol. The van der Waals surface area contributed by atoms with Crippen molar-refractivity contribution in [3.05, 3.63) is 22.7 Å². The summed E-state index contributed by atoms with van der Waals surface area (Å²) in [6, 6.07) is 1.51. The van der Waals surface area contributed by atoms with E-state index in [-0.39, 0.29) is 24.4 Å². The molecule has 2 heterocycles. The van der Waals surface area contributed by atoms with E-state index in [1.165, 1.54) is 28.6 Å². The molecule has 2 rings (SSSR count). The van der Waals surface area contributed by atoms with E-state index >= 15 is 0 Å². The molecule has 0 saturated carbocycles. The van der Waals surface area contributed by atoms with Crippen LogP contribution in [-0.2, 0) is 18.6 Å². The highest BCUT2D eigenvalue weighted by Gasteiger charge is 2.31. The second-order valence-electron chi connectivity index (χ2n) is 4.11. The lowest BCUT2D eigenvalue weighted by Crippen LogP contribution is -2.26. The van der Waals surface area contributed by atoms with Crippen molar-refractivity contribution in [3.63, 3.8) is 0 Å². The highest BCUT2D eigenvalue weighted by molar-refractivity contribution is 7.99. The number of hydrogen-bond donors (Lipinski definition) is 2. The van der Waals surface area contributed by atoms with Gasteiger partial charge in [-0.15, -0.1) is 0 Å². The van der Waals surface area contributed by atoms with Crippen LogP contribution in [0.2, 0.25) is 0 Å². The minimum atomic E-state index is -3.77. The lowest BCUT2D eigenvalue weighted by molar-refractivity contribution is -0.0602. The zero-order chi connectivity index (χ0) is 15.5. The number of rotatable bonds is 6. The molecule has 1 aromatic heterocycles. The van der Waals surface area contributed by atoms with E-state index in [4.69, 9.17) is 15.2 Å². The molecule has 3 unspecified atom stereocenters. The Morgan fingerprint density at radius 3 is 3.14 bits per heavy atom. The average Bonchev–Trinajstić information content (AvgIpc) is 2.85. The highest BCUT2D eigenvalue weighted by Crippen LogP contribution is 2.44. The first-order valence-corrected chi connectivity index (χ1v) is 8.81. The minimum absolute atomic E-state index is 0.116. The first-order chi connectivity index (χ1) is 9.91. The number of nitrogens with two attached hydrogens (primary N) is 1. The molecule has 1 aliphatic rings. The topological polar surface area (TPSA) is 126 Å². The van der Waals surface area contributed by atoms with Gasteiger partial charge in [0.2, 0.25) is 5.62 Å². The lowest BCUT2D eigenvalue weighted by Gasteiger charge is -2.14. The SMILES string of the molecule is CCOP(=O)(O)COC1OCC(n2ccc(N)nc2=O)S1. The van der Waals surface area contributed by atoms with Crippen LogP contribution in [0, 0.1) is 0 Å². The Morgan fingerprint density at radius 1 is 1.71 bits per heavy atom. The fourth-order valence-corrected chi connectivity index (χ4v) is 3.55. The van der Waals surface area contributed by atoms with Crippen molar-refractivity contribution in [1.29, 1.82) is 0 Å². The van der Waals surface area contributed by atoms with Gasteiger partial charge in [0.05, 0.1) is 13.2 Å². The molecule has 9 nitrogen and oxygen atoms in total. The number of aromatic nitrogens is 2. The molecule has 1 saturated heterocycles. The summed E-state index contributed by atoms with van der Waals surface area (Å²) in [6.45, 7) is 1.94. The van der Waals surface area contributed by atoms with Gasteiger partial charge < -0.3 is 24.6 Å². The van der Waals surface area contributed by atoms with Crippen molar-refractivity contribution in [2.75, 3.05) is 25.3 Å². The van der Waals surface area contributed by atoms with E-state index < -0.39 is 25.3 Å². The molecule has 1 aromatic rings. The maximum Gasteiger partial charge on any atom is 0.353 e. The van der Waals surface area contributed by atoms with Gasteiger partial charge in [-0.3, -0.25) is 9.13 Å². The summed E-state index contributed by atoms with van der Waals surface area (Å²) < 4.78 is 28.0. The largest absolute Gasteiger partial charge is 0.383 e. The fraction of sp³-hybridized carbons (Fsp3) is 0.600. The van der Waals surface area contributed by atoms with Gasteiger partial charge in [0.1, 0.15) is 11.2 Å². The minimum Gasteiger partial charge on any atom is -0.383 e. The summed E-state index contributed by atoms with van der Waals surface area (Å²) in [5.41, 5.74) is 4.18. The molecule has 21 heavy (non-hydrogen) atoms. The Hall–Kier alpha value is -0.900. The predicted octanol–water partition coefficient (Wildman–Crippen LogP) is 0.567. The van der Waals surface area contributed by atoms with Crippen LogP contribution in [0.1, 0.15) is 12.3 Å². The molecular formula is C10H16N3O6PS. The molecule has 1 fully saturated rings. The van der Waals surface area contributed by atoms with Crippen molar-refractivity contribution < 1.29 is 23.5 Å². The summed E-state index contributed by atoms with van der Waals surface area (Å²) in [6.07, 6.45) is 1.05. The van der Waals surface area contributed by atoms with E-state index in [1.807, 2.05) is 0 Å². The van der Waals surface area contributed by atoms with Crippen LogP contribution < -0.4 is 11.4 Å². The standard InChI is InChI=1S/C10H16N3O6PS/c1-2-19-20(15,16)6-18-10-17-5-8(21-10)13-4-3-7(11)12-9(13)14/h3-4,8,10H,2,5-6H2,1H3,(H,15,16)(H2,11,12,14). The van der Waals surface area contributed by atoms with E-state index in [1.54, 1.807) is 6.92 Å². The smallest absolute Gasteiger partial charge is 0.353 e. The van der Waals surface area contributed by atoms with Crippen LogP contribution in [0.15, 0.2) is 17.1 Å². The maximum atomic E-state index is 11.7. The molecule has 11 heteroatoms. The van der Waals surface area contributed by atoms with Gasteiger partial charge in [0.15, 0.2) is 6.35 Å². The average molecular weight is 337 g/mol. The second kappa shape index (κ2) is 6.91. The van der Waals surface area contributed by atoms with Crippen LogP contribution >= 0.6 is 19.4 Å². The number of anilines is 1. The molecule has 0 aliphatic carbocycles. The third-order valence-corrected chi connectivity index (χ3v) is 4.82. The Balaban J connectivity index is 1.92. The van der Waals surface area contributed by atoms with Gasteiger partial charge in [-0.25, -0.2) is 4.79 Å². The predicted molar refractivity (Wildman–Crippen MR) is 76.7 cm³/mol. The van der Waals surface area contributed by atoms with Gasteiger partial charge >= 0.3 is 13.3 Å². The van der Waals surface area contributed by atoms with Crippen LogP contribution in [0.4, 0.5) is 5.82 Å². The van der Waals surface area contributed by atoms with Crippen molar-refractivity contribution in [2.24, 2.45) is 0 Å². The number of nitrogen functional groups attached to an aromatic ring is 1. The molecule has 0 spiro atoms. The molecule has 0 radical (unpaired) electrons.